The van der Waals surface area contributed by atoms with Crippen molar-refractivity contribution in [2.75, 3.05) is 30.4 Å². The number of rotatable bonds is 6. The van der Waals surface area contributed by atoms with E-state index in [4.69, 9.17) is 4.98 Å². The van der Waals surface area contributed by atoms with Crippen molar-refractivity contribution < 1.29 is 0 Å². The summed E-state index contributed by atoms with van der Waals surface area (Å²) < 4.78 is 0. The van der Waals surface area contributed by atoms with E-state index in [1.807, 2.05) is 0 Å². The van der Waals surface area contributed by atoms with E-state index in [-0.39, 0.29) is 0 Å². The Hall–Kier alpha value is -1.32. The van der Waals surface area contributed by atoms with Gasteiger partial charge in [0, 0.05) is 31.6 Å². The monoisotopic (exact) mass is 248 g/mol. The van der Waals surface area contributed by atoms with E-state index in [1.165, 1.54) is 12.8 Å². The van der Waals surface area contributed by atoms with Crippen LogP contribution in [0, 0.1) is 6.92 Å². The van der Waals surface area contributed by atoms with Crippen molar-refractivity contribution in [3.63, 3.8) is 0 Å². The van der Waals surface area contributed by atoms with E-state index in [0.29, 0.717) is 5.92 Å². The Bertz CT molecular complexity index is 413. The minimum absolute atomic E-state index is 0.594. The van der Waals surface area contributed by atoms with E-state index in [0.717, 1.165) is 42.5 Å². The first kappa shape index (κ1) is 13.1. The first-order chi connectivity index (χ1) is 8.67. The predicted molar refractivity (Wildman–Crippen MR) is 76.5 cm³/mol. The highest BCUT2D eigenvalue weighted by atomic mass is 15.2. The zero-order chi connectivity index (χ0) is 13.1. The molecule has 4 nitrogen and oxygen atoms in total. The SMILES string of the molecule is CCCN(C)c1nc(C2CC2)nc(NCC)c1C. The molecule has 18 heavy (non-hydrogen) atoms. The van der Waals surface area contributed by atoms with Gasteiger partial charge in [-0.3, -0.25) is 0 Å². The summed E-state index contributed by atoms with van der Waals surface area (Å²) in [5.41, 5.74) is 1.16. The highest BCUT2D eigenvalue weighted by Gasteiger charge is 2.28. The molecule has 4 heteroatoms. The topological polar surface area (TPSA) is 41.1 Å². The molecular weight excluding hydrogens is 224 g/mol. The van der Waals surface area contributed by atoms with E-state index < -0.39 is 0 Å². The molecule has 1 fully saturated rings. The summed E-state index contributed by atoms with van der Waals surface area (Å²) in [6, 6.07) is 0. The molecule has 0 aromatic carbocycles. The second kappa shape index (κ2) is 5.55. The molecule has 1 saturated carbocycles. The predicted octanol–water partition coefficient (Wildman–Crippen LogP) is 2.94. The molecule has 1 aliphatic carbocycles. The number of hydrogen-bond acceptors (Lipinski definition) is 4. The molecule has 1 N–H and O–H groups in total. The molecule has 0 bridgehead atoms. The van der Waals surface area contributed by atoms with E-state index in [9.17, 15) is 0 Å². The fourth-order valence-electron chi connectivity index (χ4n) is 2.20. The van der Waals surface area contributed by atoms with Crippen molar-refractivity contribution in [3.8, 4) is 0 Å². The van der Waals surface area contributed by atoms with Crippen LogP contribution in [-0.4, -0.2) is 30.1 Å². The molecule has 0 saturated heterocycles. The molecule has 100 valence electrons. The maximum absolute atomic E-state index is 4.77. The fraction of sp³-hybridized carbons (Fsp3) is 0.714. The van der Waals surface area contributed by atoms with Gasteiger partial charge in [-0.2, -0.15) is 0 Å². The van der Waals surface area contributed by atoms with Crippen LogP contribution >= 0.6 is 0 Å². The van der Waals surface area contributed by atoms with E-state index in [2.05, 4.69) is 43.0 Å². The zero-order valence-corrected chi connectivity index (χ0v) is 12.0. The van der Waals surface area contributed by atoms with Crippen LogP contribution in [-0.2, 0) is 0 Å². The molecule has 0 aliphatic heterocycles. The average molecular weight is 248 g/mol. The summed E-state index contributed by atoms with van der Waals surface area (Å²) >= 11 is 0. The highest BCUT2D eigenvalue weighted by Crippen LogP contribution is 2.39. The minimum atomic E-state index is 0.594. The normalized spacial score (nSPS) is 14.7. The van der Waals surface area contributed by atoms with Gasteiger partial charge < -0.3 is 10.2 Å². The van der Waals surface area contributed by atoms with Gasteiger partial charge in [0.1, 0.15) is 17.5 Å². The maximum atomic E-state index is 4.77. The summed E-state index contributed by atoms with van der Waals surface area (Å²) in [5.74, 6) is 3.71. The Morgan fingerprint density at radius 1 is 1.28 bits per heavy atom. The van der Waals surface area contributed by atoms with E-state index >= 15 is 0 Å². The third kappa shape index (κ3) is 2.74. The molecule has 1 aromatic heterocycles. The Morgan fingerprint density at radius 2 is 2.00 bits per heavy atom. The number of hydrogen-bond donors (Lipinski definition) is 1. The molecule has 0 spiro atoms. The molecule has 0 amide bonds. The van der Waals surface area contributed by atoms with Crippen molar-refractivity contribution in [1.29, 1.82) is 0 Å². The van der Waals surface area contributed by atoms with Crippen molar-refractivity contribution in [3.05, 3.63) is 11.4 Å². The van der Waals surface area contributed by atoms with Crippen LogP contribution in [0.4, 0.5) is 11.6 Å². The van der Waals surface area contributed by atoms with Gasteiger partial charge >= 0.3 is 0 Å². The molecule has 0 radical (unpaired) electrons. The van der Waals surface area contributed by atoms with Gasteiger partial charge in [-0.1, -0.05) is 6.92 Å². The van der Waals surface area contributed by atoms with Crippen molar-refractivity contribution in [1.82, 2.24) is 9.97 Å². The van der Waals surface area contributed by atoms with Gasteiger partial charge in [0.05, 0.1) is 0 Å². The molecule has 1 aromatic rings. The lowest BCUT2D eigenvalue weighted by Gasteiger charge is -2.22. The number of nitrogens with zero attached hydrogens (tertiary/aromatic N) is 3. The van der Waals surface area contributed by atoms with Crippen molar-refractivity contribution in [2.24, 2.45) is 0 Å². The average Bonchev–Trinajstić information content (AvgIpc) is 3.16. The lowest BCUT2D eigenvalue weighted by molar-refractivity contribution is 0.812. The van der Waals surface area contributed by atoms with E-state index in [1.54, 1.807) is 0 Å². The third-order valence-corrected chi connectivity index (χ3v) is 3.34. The maximum Gasteiger partial charge on any atom is 0.137 e. The standard InChI is InChI=1S/C14H24N4/c1-5-9-18(4)14-10(3)12(15-6-2)16-13(17-14)11-7-8-11/h11H,5-9H2,1-4H3,(H,15,16,17). The zero-order valence-electron chi connectivity index (χ0n) is 12.0. The summed E-state index contributed by atoms with van der Waals surface area (Å²) in [6.07, 6.45) is 3.62. The number of aromatic nitrogens is 2. The number of anilines is 2. The number of nitrogens with one attached hydrogen (secondary N) is 1. The highest BCUT2D eigenvalue weighted by molar-refractivity contribution is 5.58. The van der Waals surface area contributed by atoms with Gasteiger partial charge in [-0.05, 0) is 33.1 Å². The molecular formula is C14H24N4. The Kier molecular flexibility index (Phi) is 4.04. The van der Waals surface area contributed by atoms with Gasteiger partial charge in [-0.15, -0.1) is 0 Å². The lowest BCUT2D eigenvalue weighted by Crippen LogP contribution is -2.22. The largest absolute Gasteiger partial charge is 0.370 e. The second-order valence-corrected chi connectivity index (χ2v) is 5.11. The van der Waals surface area contributed by atoms with Crippen LogP contribution in [0.15, 0.2) is 0 Å². The van der Waals surface area contributed by atoms with Gasteiger partial charge in [0.15, 0.2) is 0 Å². The van der Waals surface area contributed by atoms with Gasteiger partial charge in [0.25, 0.3) is 0 Å². The van der Waals surface area contributed by atoms with Crippen LogP contribution in [0.2, 0.25) is 0 Å². The lowest BCUT2D eigenvalue weighted by atomic mass is 10.2. The van der Waals surface area contributed by atoms with Gasteiger partial charge in [0.2, 0.25) is 0 Å². The second-order valence-electron chi connectivity index (χ2n) is 5.11. The van der Waals surface area contributed by atoms with Gasteiger partial charge in [-0.25, -0.2) is 9.97 Å². The van der Waals surface area contributed by atoms with Crippen LogP contribution in [0.25, 0.3) is 0 Å². The minimum Gasteiger partial charge on any atom is -0.370 e. The summed E-state index contributed by atoms with van der Waals surface area (Å²) in [7, 11) is 2.12. The van der Waals surface area contributed by atoms with Crippen molar-refractivity contribution >= 4 is 11.6 Å². The quantitative estimate of drug-likeness (QED) is 0.840. The first-order valence-electron chi connectivity index (χ1n) is 7.00. The van der Waals surface area contributed by atoms with Crippen LogP contribution < -0.4 is 10.2 Å². The molecule has 0 unspecified atom stereocenters. The molecule has 1 heterocycles. The van der Waals surface area contributed by atoms with Crippen LogP contribution in [0.3, 0.4) is 0 Å². The first-order valence-corrected chi connectivity index (χ1v) is 7.00. The molecule has 0 atom stereocenters. The molecule has 2 rings (SSSR count). The summed E-state index contributed by atoms with van der Waals surface area (Å²) in [5, 5.41) is 3.36. The summed E-state index contributed by atoms with van der Waals surface area (Å²) in [4.78, 5) is 11.7. The Balaban J connectivity index is 2.35. The molecule has 1 aliphatic rings. The van der Waals surface area contributed by atoms with Crippen LogP contribution in [0.5, 0.6) is 0 Å². The van der Waals surface area contributed by atoms with Crippen molar-refractivity contribution in [2.45, 2.75) is 46.0 Å². The third-order valence-electron chi connectivity index (χ3n) is 3.34. The fourth-order valence-corrected chi connectivity index (χ4v) is 2.20. The van der Waals surface area contributed by atoms with Crippen LogP contribution in [0.1, 0.15) is 50.4 Å². The summed E-state index contributed by atoms with van der Waals surface area (Å²) in [6.45, 7) is 8.34. The Labute approximate surface area is 110 Å². The Morgan fingerprint density at radius 3 is 2.56 bits per heavy atom. The smallest absolute Gasteiger partial charge is 0.137 e.